The molecule has 0 aliphatic carbocycles. The van der Waals surface area contributed by atoms with Crippen molar-refractivity contribution in [1.29, 1.82) is 0 Å². The van der Waals surface area contributed by atoms with E-state index in [0.29, 0.717) is 0 Å². The first-order valence-electron chi connectivity index (χ1n) is 9.69. The Kier molecular flexibility index (Phi) is 7.93. The summed E-state index contributed by atoms with van der Waals surface area (Å²) in [4.78, 5) is 0. The van der Waals surface area contributed by atoms with Crippen molar-refractivity contribution in [2.24, 2.45) is 4.74 Å². The largest absolute Gasteiger partial charge is 0.258 e. The molecule has 0 heterocycles. The van der Waals surface area contributed by atoms with E-state index in [1.807, 2.05) is 0 Å². The van der Waals surface area contributed by atoms with E-state index in [0.717, 1.165) is 17.2 Å². The second-order valence-electron chi connectivity index (χ2n) is 6.70. The Morgan fingerprint density at radius 3 is 1.59 bits per heavy atom. The van der Waals surface area contributed by atoms with Crippen LogP contribution in [0.3, 0.4) is 0 Å². The Bertz CT molecular complexity index is 804. The van der Waals surface area contributed by atoms with Gasteiger partial charge in [-0.1, -0.05) is 108 Å². The Labute approximate surface area is 172 Å². The molecular formula is C24H27BrNP. The lowest BCUT2D eigenvalue weighted by Gasteiger charge is -2.26. The first-order chi connectivity index (χ1) is 13.3. The molecule has 3 rings (SSSR count). The van der Waals surface area contributed by atoms with Gasteiger partial charge >= 0.3 is 0 Å². The molecule has 0 radical (unpaired) electrons. The molecule has 0 atom stereocenters. The van der Waals surface area contributed by atoms with Gasteiger partial charge in [-0.15, -0.1) is 0 Å². The predicted molar refractivity (Wildman–Crippen MR) is 125 cm³/mol. The number of rotatable bonds is 9. The van der Waals surface area contributed by atoms with Crippen molar-refractivity contribution in [2.45, 2.75) is 25.7 Å². The van der Waals surface area contributed by atoms with Gasteiger partial charge in [-0.2, -0.15) is 0 Å². The van der Waals surface area contributed by atoms with Gasteiger partial charge in [-0.25, -0.2) is 0 Å². The molecule has 0 N–H and O–H groups in total. The Morgan fingerprint density at radius 1 is 0.593 bits per heavy atom. The molecule has 0 aliphatic heterocycles. The summed E-state index contributed by atoms with van der Waals surface area (Å²) in [7, 11) is -1.86. The molecule has 0 spiro atoms. The summed E-state index contributed by atoms with van der Waals surface area (Å²) < 4.78 is 5.45. The highest BCUT2D eigenvalue weighted by molar-refractivity contribution is 9.09. The van der Waals surface area contributed by atoms with Crippen molar-refractivity contribution in [3.63, 3.8) is 0 Å². The highest BCUT2D eigenvalue weighted by atomic mass is 79.9. The normalized spacial score (nSPS) is 11.3. The van der Waals surface area contributed by atoms with Gasteiger partial charge in [0.2, 0.25) is 0 Å². The van der Waals surface area contributed by atoms with Crippen LogP contribution in [0.5, 0.6) is 0 Å². The second-order valence-corrected chi connectivity index (χ2v) is 10.7. The van der Waals surface area contributed by atoms with Crippen molar-refractivity contribution in [3.8, 4) is 0 Å². The smallest absolute Gasteiger partial charge is 0.0621 e. The summed E-state index contributed by atoms with van der Waals surface area (Å²) in [6.45, 7) is 0. The van der Waals surface area contributed by atoms with Crippen molar-refractivity contribution >= 4 is 39.3 Å². The molecule has 0 aromatic heterocycles. The molecule has 3 heteroatoms. The summed E-state index contributed by atoms with van der Waals surface area (Å²) in [6, 6.07) is 32.4. The molecule has 0 saturated heterocycles. The lowest BCUT2D eigenvalue weighted by Crippen LogP contribution is -2.18. The maximum atomic E-state index is 5.45. The average Bonchev–Trinajstić information content (AvgIpc) is 2.75. The number of hydrogen-bond acceptors (Lipinski definition) is 1. The maximum absolute atomic E-state index is 5.45. The van der Waals surface area contributed by atoms with Crippen LogP contribution >= 0.6 is 23.0 Å². The van der Waals surface area contributed by atoms with E-state index in [2.05, 4.69) is 107 Å². The standard InChI is InChI=1S/C24H27BrNP/c25-20-12-1-2-13-21-27(23-16-8-4-9-17-23,24-18-10-5-11-19-24)26-22-14-6-3-7-15-22/h3-11,14-19H,1-2,12-13,20-21H2. The highest BCUT2D eigenvalue weighted by Crippen LogP contribution is 2.50. The van der Waals surface area contributed by atoms with E-state index < -0.39 is 7.05 Å². The molecule has 0 unspecified atom stereocenters. The number of hydrogen-bond donors (Lipinski definition) is 0. The fourth-order valence-electron chi connectivity index (χ4n) is 3.40. The van der Waals surface area contributed by atoms with E-state index >= 15 is 0 Å². The van der Waals surface area contributed by atoms with Gasteiger partial charge in [0.15, 0.2) is 0 Å². The number of nitrogens with zero attached hydrogens (tertiary/aromatic N) is 1. The molecule has 3 aromatic carbocycles. The van der Waals surface area contributed by atoms with Gasteiger partial charge < -0.3 is 0 Å². The zero-order valence-corrected chi connectivity index (χ0v) is 18.2. The summed E-state index contributed by atoms with van der Waals surface area (Å²) in [5, 5.41) is 3.85. The van der Waals surface area contributed by atoms with Crippen LogP contribution in [0.15, 0.2) is 95.7 Å². The first kappa shape index (κ1) is 20.1. The fraction of sp³-hybridized carbons (Fsp3) is 0.250. The van der Waals surface area contributed by atoms with Crippen LogP contribution in [0.2, 0.25) is 0 Å². The number of halogens is 1. The second kappa shape index (κ2) is 10.6. The van der Waals surface area contributed by atoms with Crippen molar-refractivity contribution < 1.29 is 0 Å². The van der Waals surface area contributed by atoms with Gasteiger partial charge in [0.1, 0.15) is 0 Å². The van der Waals surface area contributed by atoms with Crippen LogP contribution in [0.25, 0.3) is 0 Å². The Morgan fingerprint density at radius 2 is 1.07 bits per heavy atom. The van der Waals surface area contributed by atoms with Crippen LogP contribution in [0, 0.1) is 0 Å². The van der Waals surface area contributed by atoms with Gasteiger partial charge in [0.25, 0.3) is 0 Å². The molecule has 3 aromatic rings. The van der Waals surface area contributed by atoms with E-state index in [9.17, 15) is 0 Å². The summed E-state index contributed by atoms with van der Waals surface area (Å²) in [5.74, 6) is 0. The SMILES string of the molecule is BrCCCCCCP(=Nc1ccccc1)(c1ccccc1)c1ccccc1. The quantitative estimate of drug-likeness (QED) is 0.191. The average molecular weight is 440 g/mol. The monoisotopic (exact) mass is 439 g/mol. The van der Waals surface area contributed by atoms with E-state index in [-0.39, 0.29) is 0 Å². The molecule has 140 valence electrons. The molecule has 0 saturated carbocycles. The van der Waals surface area contributed by atoms with Crippen LogP contribution in [0.1, 0.15) is 25.7 Å². The summed E-state index contributed by atoms with van der Waals surface area (Å²) in [6.07, 6.45) is 6.12. The van der Waals surface area contributed by atoms with E-state index in [1.165, 1.54) is 36.3 Å². The molecule has 0 bridgehead atoms. The molecular weight excluding hydrogens is 413 g/mol. The highest BCUT2D eigenvalue weighted by Gasteiger charge is 2.24. The topological polar surface area (TPSA) is 12.4 Å². The zero-order chi connectivity index (χ0) is 18.8. The minimum Gasteiger partial charge on any atom is -0.258 e. The van der Waals surface area contributed by atoms with Crippen LogP contribution in [-0.4, -0.2) is 11.5 Å². The van der Waals surface area contributed by atoms with Gasteiger partial charge in [0, 0.05) is 12.4 Å². The van der Waals surface area contributed by atoms with Crippen molar-refractivity contribution in [2.75, 3.05) is 11.5 Å². The van der Waals surface area contributed by atoms with Gasteiger partial charge in [-0.3, -0.25) is 4.74 Å². The van der Waals surface area contributed by atoms with Gasteiger partial charge in [-0.05, 0) is 41.7 Å². The van der Waals surface area contributed by atoms with Crippen LogP contribution in [-0.2, 0) is 0 Å². The lowest BCUT2D eigenvalue weighted by molar-refractivity contribution is 0.711. The molecule has 1 nitrogen and oxygen atoms in total. The third-order valence-electron chi connectivity index (χ3n) is 4.77. The Balaban J connectivity index is 2.08. The minimum absolute atomic E-state index is 1.08. The fourth-order valence-corrected chi connectivity index (χ4v) is 7.48. The van der Waals surface area contributed by atoms with E-state index in [1.54, 1.807) is 0 Å². The molecule has 0 fully saturated rings. The lowest BCUT2D eigenvalue weighted by atomic mass is 10.2. The summed E-state index contributed by atoms with van der Waals surface area (Å²) >= 11 is 3.55. The zero-order valence-electron chi connectivity index (χ0n) is 15.7. The molecule has 27 heavy (non-hydrogen) atoms. The summed E-state index contributed by atoms with van der Waals surface area (Å²) in [5.41, 5.74) is 1.08. The Hall–Kier alpha value is -1.63. The molecule has 0 aliphatic rings. The molecule has 0 amide bonds. The maximum Gasteiger partial charge on any atom is 0.0621 e. The van der Waals surface area contributed by atoms with Crippen LogP contribution < -0.4 is 10.6 Å². The van der Waals surface area contributed by atoms with E-state index in [4.69, 9.17) is 4.74 Å². The van der Waals surface area contributed by atoms with Gasteiger partial charge in [0.05, 0.1) is 5.69 Å². The van der Waals surface area contributed by atoms with Crippen molar-refractivity contribution in [3.05, 3.63) is 91.0 Å². The van der Waals surface area contributed by atoms with Crippen molar-refractivity contribution in [1.82, 2.24) is 0 Å². The number of alkyl halides is 1. The third kappa shape index (κ3) is 5.43. The number of benzene rings is 3. The minimum atomic E-state index is -1.86. The number of unbranched alkanes of at least 4 members (excludes halogenated alkanes) is 3. The third-order valence-corrected chi connectivity index (χ3v) is 9.18. The first-order valence-corrected chi connectivity index (χ1v) is 12.7. The van der Waals surface area contributed by atoms with Crippen LogP contribution in [0.4, 0.5) is 5.69 Å². The predicted octanol–water partition coefficient (Wildman–Crippen LogP) is 7.13.